The molecule has 50 heavy (non-hydrogen) atoms. The van der Waals surface area contributed by atoms with Gasteiger partial charge >= 0.3 is 0 Å². The third-order valence-electron chi connectivity index (χ3n) is 9.56. The Kier molecular flexibility index (Phi) is 9.29. The Hall–Kier alpha value is -5.58. The average molecular weight is 676 g/mol. The SMILES string of the molecule is COc1cc(C=O)c(N=CC2CC(C3CC3)=CN2C)cc1OCCCOc1cc2c(cc1OC)C(=O)N1C=C(c3ccc(N)cc3)CC1C=N2. The van der Waals surface area contributed by atoms with Crippen molar-refractivity contribution in [2.75, 3.05) is 40.2 Å². The fourth-order valence-corrected chi connectivity index (χ4v) is 6.58. The molecule has 3 heterocycles. The normalized spacial score (nSPS) is 19.5. The summed E-state index contributed by atoms with van der Waals surface area (Å²) in [4.78, 5) is 38.9. The van der Waals surface area contributed by atoms with Crippen molar-refractivity contribution in [2.24, 2.45) is 15.9 Å². The minimum atomic E-state index is -0.194. The number of rotatable bonds is 13. The smallest absolute Gasteiger partial charge is 0.260 e. The van der Waals surface area contributed by atoms with Crippen LogP contribution in [-0.2, 0) is 0 Å². The molecule has 2 atom stereocenters. The first kappa shape index (κ1) is 32.9. The van der Waals surface area contributed by atoms with E-state index in [1.54, 1.807) is 43.4 Å². The zero-order valence-electron chi connectivity index (χ0n) is 28.5. The number of carbonyl (C=O) groups excluding carboxylic acids is 2. The first-order valence-electron chi connectivity index (χ1n) is 16.9. The lowest BCUT2D eigenvalue weighted by molar-refractivity contribution is 0.0817. The van der Waals surface area contributed by atoms with Gasteiger partial charge in [-0.25, -0.2) is 0 Å². The maximum absolute atomic E-state index is 13.7. The highest BCUT2D eigenvalue weighted by Crippen LogP contribution is 2.42. The minimum absolute atomic E-state index is 0.153. The first-order chi connectivity index (χ1) is 24.3. The Morgan fingerprint density at radius 3 is 2.36 bits per heavy atom. The van der Waals surface area contributed by atoms with E-state index < -0.39 is 0 Å². The van der Waals surface area contributed by atoms with E-state index in [2.05, 4.69) is 23.1 Å². The molecule has 0 saturated heterocycles. The third kappa shape index (κ3) is 6.80. The van der Waals surface area contributed by atoms with Crippen molar-refractivity contribution >= 4 is 47.3 Å². The highest BCUT2D eigenvalue weighted by Gasteiger charge is 2.34. The number of nitrogens with two attached hydrogens (primary N) is 1. The molecule has 258 valence electrons. The maximum Gasteiger partial charge on any atom is 0.260 e. The van der Waals surface area contributed by atoms with Gasteiger partial charge in [0.05, 0.1) is 56.5 Å². The molecule has 0 spiro atoms. The second-order valence-electron chi connectivity index (χ2n) is 13.0. The molecule has 11 heteroatoms. The van der Waals surface area contributed by atoms with Crippen LogP contribution in [0.3, 0.4) is 0 Å². The van der Waals surface area contributed by atoms with Crippen molar-refractivity contribution in [3.05, 3.63) is 83.2 Å². The van der Waals surface area contributed by atoms with Gasteiger partial charge in [-0.15, -0.1) is 0 Å². The van der Waals surface area contributed by atoms with Crippen LogP contribution in [0.25, 0.3) is 5.57 Å². The summed E-state index contributed by atoms with van der Waals surface area (Å²) in [5.74, 6) is 2.43. The molecular weight excluding hydrogens is 634 g/mol. The number of hydrogen-bond donors (Lipinski definition) is 1. The van der Waals surface area contributed by atoms with Gasteiger partial charge in [-0.05, 0) is 72.4 Å². The van der Waals surface area contributed by atoms with Gasteiger partial charge in [-0.3, -0.25) is 19.6 Å². The van der Waals surface area contributed by atoms with Crippen molar-refractivity contribution < 1.29 is 28.5 Å². The number of aldehydes is 1. The molecular formula is C39H41N5O6. The molecule has 1 amide bonds. The van der Waals surface area contributed by atoms with E-state index in [4.69, 9.17) is 29.7 Å². The minimum Gasteiger partial charge on any atom is -0.493 e. The number of fused-ring (bicyclic) bond motifs is 2. The number of methoxy groups -OCH3 is 2. The molecule has 0 aromatic heterocycles. The van der Waals surface area contributed by atoms with Crippen LogP contribution in [0, 0.1) is 5.92 Å². The molecule has 0 radical (unpaired) electrons. The van der Waals surface area contributed by atoms with Gasteiger partial charge in [0.25, 0.3) is 5.91 Å². The number of anilines is 1. The zero-order chi connectivity index (χ0) is 34.8. The second-order valence-corrected chi connectivity index (χ2v) is 13.0. The van der Waals surface area contributed by atoms with Gasteiger partial charge < -0.3 is 34.5 Å². The summed E-state index contributed by atoms with van der Waals surface area (Å²) < 4.78 is 23.3. The van der Waals surface area contributed by atoms with Crippen LogP contribution in [0.5, 0.6) is 23.0 Å². The summed E-state index contributed by atoms with van der Waals surface area (Å²) in [5, 5.41) is 0. The molecule has 11 nitrogen and oxygen atoms in total. The summed E-state index contributed by atoms with van der Waals surface area (Å²) in [5.41, 5.74) is 12.0. The van der Waals surface area contributed by atoms with Crippen LogP contribution in [0.2, 0.25) is 0 Å². The molecule has 2 N–H and O–H groups in total. The quantitative estimate of drug-likeness (QED) is 0.0927. The lowest BCUT2D eigenvalue weighted by Gasteiger charge is -2.19. The first-order valence-corrected chi connectivity index (χ1v) is 16.9. The molecule has 0 bridgehead atoms. The molecule has 1 saturated carbocycles. The van der Waals surface area contributed by atoms with E-state index in [1.807, 2.05) is 42.9 Å². The van der Waals surface area contributed by atoms with Crippen LogP contribution in [0.1, 0.15) is 58.4 Å². The fourth-order valence-electron chi connectivity index (χ4n) is 6.58. The predicted octanol–water partition coefficient (Wildman–Crippen LogP) is 6.62. The van der Waals surface area contributed by atoms with Crippen LogP contribution >= 0.6 is 0 Å². The number of hydrogen-bond acceptors (Lipinski definition) is 10. The summed E-state index contributed by atoms with van der Waals surface area (Å²) in [6.45, 7) is 0.641. The topological polar surface area (TPSA) is 128 Å². The molecule has 3 aliphatic heterocycles. The molecule has 2 unspecified atom stereocenters. The van der Waals surface area contributed by atoms with E-state index in [9.17, 15) is 9.59 Å². The van der Waals surface area contributed by atoms with Crippen molar-refractivity contribution in [3.8, 4) is 23.0 Å². The van der Waals surface area contributed by atoms with Crippen LogP contribution in [0.4, 0.5) is 17.1 Å². The van der Waals surface area contributed by atoms with E-state index >= 15 is 0 Å². The largest absolute Gasteiger partial charge is 0.493 e. The lowest BCUT2D eigenvalue weighted by Crippen LogP contribution is -2.32. The van der Waals surface area contributed by atoms with E-state index in [1.165, 1.54) is 18.4 Å². The zero-order valence-corrected chi connectivity index (χ0v) is 28.5. The van der Waals surface area contributed by atoms with Crippen LogP contribution < -0.4 is 24.7 Å². The van der Waals surface area contributed by atoms with Gasteiger partial charge in [-0.1, -0.05) is 12.1 Å². The average Bonchev–Trinajstić information content (AvgIpc) is 3.82. The van der Waals surface area contributed by atoms with E-state index in [0.717, 1.165) is 23.8 Å². The molecule has 1 fully saturated rings. The summed E-state index contributed by atoms with van der Waals surface area (Å²) in [6, 6.07) is 14.4. The van der Waals surface area contributed by atoms with Gasteiger partial charge in [0.15, 0.2) is 29.3 Å². The number of nitrogens with zero attached hydrogens (tertiary/aromatic N) is 4. The molecule has 1 aliphatic carbocycles. The Morgan fingerprint density at radius 1 is 0.940 bits per heavy atom. The Balaban J connectivity index is 0.983. The highest BCUT2D eigenvalue weighted by atomic mass is 16.5. The monoisotopic (exact) mass is 675 g/mol. The standard InChI is InChI=1S/C39H41N5O6/c1-43-21-26(24-5-6-24)13-30(43)19-41-33-17-37(35(47-2)15-28(33)23-45)49-11-4-12-50-38-18-34-32(16-36(38)48-3)39(46)44-22-27(14-31(44)20-42-34)25-7-9-29(40)10-8-25/h7-10,15-24,30-31H,4-6,11-14,40H2,1-3H3. The highest BCUT2D eigenvalue weighted by molar-refractivity contribution is 6.05. The summed E-state index contributed by atoms with van der Waals surface area (Å²) >= 11 is 0. The Morgan fingerprint density at radius 2 is 1.66 bits per heavy atom. The molecule has 3 aromatic rings. The van der Waals surface area contributed by atoms with Crippen molar-refractivity contribution in [2.45, 2.75) is 44.2 Å². The number of amides is 1. The van der Waals surface area contributed by atoms with Gasteiger partial charge in [-0.2, -0.15) is 0 Å². The van der Waals surface area contributed by atoms with Crippen molar-refractivity contribution in [1.82, 2.24) is 9.80 Å². The van der Waals surface area contributed by atoms with E-state index in [0.29, 0.717) is 83.2 Å². The Labute approximate surface area is 291 Å². The van der Waals surface area contributed by atoms with Gasteiger partial charge in [0.2, 0.25) is 0 Å². The van der Waals surface area contributed by atoms with Gasteiger partial charge in [0.1, 0.15) is 0 Å². The number of ether oxygens (including phenoxy) is 4. The Bertz CT molecular complexity index is 1910. The number of benzene rings is 3. The third-order valence-corrected chi connectivity index (χ3v) is 9.56. The summed E-state index contributed by atoms with van der Waals surface area (Å²) in [7, 11) is 5.14. The van der Waals surface area contributed by atoms with Gasteiger partial charge in [0, 0.05) is 61.9 Å². The fraction of sp³-hybridized carbons (Fsp3) is 0.333. The predicted molar refractivity (Wildman–Crippen MR) is 194 cm³/mol. The lowest BCUT2D eigenvalue weighted by atomic mass is 10.0. The van der Waals surface area contributed by atoms with E-state index in [-0.39, 0.29) is 18.0 Å². The molecule has 7 rings (SSSR count). The number of nitrogen functional groups attached to an aromatic ring is 1. The second kappa shape index (κ2) is 14.1. The molecule has 3 aromatic carbocycles. The maximum atomic E-state index is 13.7. The summed E-state index contributed by atoms with van der Waals surface area (Å²) in [6.07, 6.45) is 13.3. The number of carbonyl (C=O) groups is 2. The van der Waals surface area contributed by atoms with Crippen molar-refractivity contribution in [3.63, 3.8) is 0 Å². The number of aliphatic imine (C=N–C) groups is 2. The van der Waals surface area contributed by atoms with Crippen LogP contribution in [0.15, 0.2) is 76.5 Å². The van der Waals surface area contributed by atoms with Crippen molar-refractivity contribution in [1.29, 1.82) is 0 Å². The van der Waals surface area contributed by atoms with Crippen LogP contribution in [-0.4, -0.2) is 81.0 Å². The molecule has 4 aliphatic rings.